The molecule has 3 N–H and O–H groups in total. The van der Waals surface area contributed by atoms with Gasteiger partial charge >= 0.3 is 0 Å². The van der Waals surface area contributed by atoms with E-state index >= 15 is 0 Å². The number of methoxy groups -OCH3 is 1. The van der Waals surface area contributed by atoms with Gasteiger partial charge in [-0.1, -0.05) is 0 Å². The molecule has 9 nitrogen and oxygen atoms in total. The van der Waals surface area contributed by atoms with Crippen LogP contribution >= 0.6 is 0 Å². The summed E-state index contributed by atoms with van der Waals surface area (Å²) in [6.45, 7) is 2.44. The van der Waals surface area contributed by atoms with Gasteiger partial charge in [0.2, 0.25) is 5.56 Å². The zero-order chi connectivity index (χ0) is 15.1. The van der Waals surface area contributed by atoms with Crippen molar-refractivity contribution < 1.29 is 34.7 Å². The summed E-state index contributed by atoms with van der Waals surface area (Å²) in [6.07, 6.45) is 1.80. The second-order valence-corrected chi connectivity index (χ2v) is 3.85. The Labute approximate surface area is 133 Å². The molecule has 2 aromatic heterocycles. The molecule has 0 amide bonds. The van der Waals surface area contributed by atoms with Crippen LogP contribution in [0.25, 0.3) is 16.9 Å². The van der Waals surface area contributed by atoms with Crippen molar-refractivity contribution in [2.24, 2.45) is 0 Å². The minimum atomic E-state index is -0.422. The van der Waals surface area contributed by atoms with Crippen LogP contribution in [-0.4, -0.2) is 51.2 Å². The van der Waals surface area contributed by atoms with E-state index in [0.717, 1.165) is 0 Å². The van der Waals surface area contributed by atoms with E-state index in [0.29, 0.717) is 18.6 Å². The van der Waals surface area contributed by atoms with Crippen LogP contribution in [0.2, 0.25) is 0 Å². The van der Waals surface area contributed by atoms with Crippen molar-refractivity contribution in [3.63, 3.8) is 0 Å². The van der Waals surface area contributed by atoms with Crippen LogP contribution in [0.5, 0.6) is 0 Å². The van der Waals surface area contributed by atoms with Crippen molar-refractivity contribution in [3.8, 4) is 0 Å². The van der Waals surface area contributed by atoms with Crippen molar-refractivity contribution in [1.29, 1.82) is 0 Å². The summed E-state index contributed by atoms with van der Waals surface area (Å²) in [7, 11) is 1.53. The van der Waals surface area contributed by atoms with Crippen LogP contribution in [0, 0.1) is 0 Å². The van der Waals surface area contributed by atoms with E-state index in [1.165, 1.54) is 13.4 Å². The zero-order valence-corrected chi connectivity index (χ0v) is 13.7. The van der Waals surface area contributed by atoms with Crippen LogP contribution in [0.15, 0.2) is 11.1 Å². The predicted octanol–water partition coefficient (Wildman–Crippen LogP) is 0.0133. The van der Waals surface area contributed by atoms with Crippen LogP contribution < -0.4 is 5.56 Å². The Balaban J connectivity index is 0.00000128. The topological polar surface area (TPSA) is 134 Å². The number of aliphatic hydroxyl groups excluding tert-OH is 1. The second-order valence-electron chi connectivity index (χ2n) is 3.85. The third kappa shape index (κ3) is 4.71. The first-order valence-corrected chi connectivity index (χ1v) is 5.75. The van der Waals surface area contributed by atoms with Gasteiger partial charge in [0, 0.05) is 39.7 Å². The van der Waals surface area contributed by atoms with E-state index in [-0.39, 0.29) is 44.3 Å². The third-order valence-electron chi connectivity index (χ3n) is 2.70. The largest absolute Gasteiger partial charge is 0.411 e. The fourth-order valence-electron chi connectivity index (χ4n) is 1.68. The quantitative estimate of drug-likeness (QED) is 0.627. The van der Waals surface area contributed by atoms with E-state index in [1.807, 2.05) is 6.79 Å². The normalized spacial score (nSPS) is 11.3. The average Bonchev–Trinajstić information content (AvgIpc) is 2.85. The average molecular weight is 474 g/mol. The molecule has 1 atom stereocenters. The molecule has 2 rings (SSSR count). The maximum Gasteiger partial charge on any atom is 0.222 e. The van der Waals surface area contributed by atoms with E-state index in [9.17, 15) is 4.79 Å². The molecule has 0 aromatic carbocycles. The molecule has 0 aliphatic heterocycles. The van der Waals surface area contributed by atoms with Gasteiger partial charge in [0.05, 0.1) is 24.7 Å². The van der Waals surface area contributed by atoms with E-state index < -0.39 is 5.56 Å². The van der Waals surface area contributed by atoms with Gasteiger partial charge < -0.3 is 34.9 Å². The number of imidazole rings is 1. The number of ether oxygens (including phenoxy) is 1. The first-order valence-electron chi connectivity index (χ1n) is 5.75. The Morgan fingerprint density at radius 2 is 2.24 bits per heavy atom. The number of hydrogen-bond acceptors (Lipinski definition) is 6. The molecule has 0 spiro atoms. The SMILES string of the molecule is C=O.COC(CO)CCn1cnc2c(=O)[nH]c([NH-])nc21.[Ir]. The van der Waals surface area contributed by atoms with Crippen molar-refractivity contribution in [3.05, 3.63) is 22.4 Å². The summed E-state index contributed by atoms with van der Waals surface area (Å²) in [5, 5.41) is 9.01. The molecular formula is C11H16IrN5O4-. The summed E-state index contributed by atoms with van der Waals surface area (Å²) in [5.74, 6) is -0.195. The van der Waals surface area contributed by atoms with Gasteiger partial charge in [-0.15, -0.1) is 0 Å². The molecule has 0 aliphatic carbocycles. The van der Waals surface area contributed by atoms with Crippen LogP contribution in [0.3, 0.4) is 0 Å². The van der Waals surface area contributed by atoms with Gasteiger partial charge in [0.25, 0.3) is 0 Å². The molecule has 2 heterocycles. The molecule has 0 saturated carbocycles. The first-order chi connectivity index (χ1) is 9.65. The Morgan fingerprint density at radius 1 is 1.57 bits per heavy atom. The fraction of sp³-hybridized carbons (Fsp3) is 0.455. The second kappa shape index (κ2) is 9.35. The molecule has 0 saturated heterocycles. The molecule has 2 aromatic rings. The maximum atomic E-state index is 11.5. The van der Waals surface area contributed by atoms with Gasteiger partial charge in [-0.2, -0.15) is 0 Å². The number of hydrogen-bond donors (Lipinski definition) is 2. The number of nitrogens with one attached hydrogen (secondary N) is 2. The zero-order valence-electron chi connectivity index (χ0n) is 11.3. The summed E-state index contributed by atoms with van der Waals surface area (Å²) in [6, 6.07) is 0. The molecule has 21 heavy (non-hydrogen) atoms. The van der Waals surface area contributed by atoms with Crippen molar-refractivity contribution >= 4 is 23.9 Å². The summed E-state index contributed by atoms with van der Waals surface area (Å²) >= 11 is 0. The third-order valence-corrected chi connectivity index (χ3v) is 2.70. The Kier molecular flexibility index (Phi) is 8.63. The molecule has 1 unspecified atom stereocenters. The number of nitrogens with zero attached hydrogens (tertiary/aromatic N) is 3. The standard InChI is InChI=1S/C10H15N5O3.CH2O.Ir/c1-18-6(4-16)2-3-15-5-12-7-8(15)13-10(11)14-9(7)17;1-2;/h5-6,16H,2-4H2,1H3,(H3,11,13,14,17);1H2;/p-1. The molecule has 1 radical (unpaired) electrons. The number of aryl methyl sites for hydroxylation is 1. The molecule has 0 fully saturated rings. The number of rotatable bonds is 5. The van der Waals surface area contributed by atoms with Crippen LogP contribution in [0.1, 0.15) is 6.42 Å². The minimum Gasteiger partial charge on any atom is -0.411 e. The van der Waals surface area contributed by atoms with E-state index in [2.05, 4.69) is 15.0 Å². The number of aromatic nitrogens is 4. The predicted molar refractivity (Wildman–Crippen MR) is 71.8 cm³/mol. The smallest absolute Gasteiger partial charge is 0.222 e. The van der Waals surface area contributed by atoms with Gasteiger partial charge in [-0.05, 0) is 6.42 Å². The van der Waals surface area contributed by atoms with Crippen molar-refractivity contribution in [2.45, 2.75) is 19.1 Å². The molecule has 0 aliphatic rings. The number of fused-ring (bicyclic) bond motifs is 1. The number of carbonyl (C=O) groups is 1. The first kappa shape index (κ1) is 19.4. The summed E-state index contributed by atoms with van der Waals surface area (Å²) in [4.78, 5) is 29.7. The van der Waals surface area contributed by atoms with Gasteiger partial charge in [0.1, 0.15) is 12.3 Å². The molecular weight excluding hydrogens is 458 g/mol. The van der Waals surface area contributed by atoms with Crippen molar-refractivity contribution in [1.82, 2.24) is 19.5 Å². The summed E-state index contributed by atoms with van der Waals surface area (Å²) in [5.41, 5.74) is 7.53. The van der Waals surface area contributed by atoms with Crippen LogP contribution in [-0.2, 0) is 36.2 Å². The van der Waals surface area contributed by atoms with E-state index in [4.69, 9.17) is 20.4 Å². The van der Waals surface area contributed by atoms with Gasteiger partial charge in [-0.3, -0.25) is 4.79 Å². The number of aliphatic hydroxyl groups is 1. The number of aromatic amines is 1. The number of carbonyl (C=O) groups excluding carboxylic acids is 1. The minimum absolute atomic E-state index is 0. The van der Waals surface area contributed by atoms with E-state index in [1.54, 1.807) is 4.57 Å². The van der Waals surface area contributed by atoms with Crippen LogP contribution in [0.4, 0.5) is 5.95 Å². The monoisotopic (exact) mass is 475 g/mol. The van der Waals surface area contributed by atoms with Crippen molar-refractivity contribution in [2.75, 3.05) is 13.7 Å². The molecule has 119 valence electrons. The fourth-order valence-corrected chi connectivity index (χ4v) is 1.68. The maximum absolute atomic E-state index is 11.5. The van der Waals surface area contributed by atoms with Gasteiger partial charge in [-0.25, -0.2) is 4.98 Å². The number of H-pyrrole nitrogens is 1. The molecule has 10 heteroatoms. The Bertz CT molecular complexity index is 610. The molecule has 0 bridgehead atoms. The van der Waals surface area contributed by atoms with Gasteiger partial charge in [0.15, 0.2) is 0 Å². The Hall–Kier alpha value is -1.61. The Morgan fingerprint density at radius 3 is 2.81 bits per heavy atom. The summed E-state index contributed by atoms with van der Waals surface area (Å²) < 4.78 is 6.72.